The molecule has 6 heterocycles. The highest BCUT2D eigenvalue weighted by atomic mass is 16.7. The molecular formula is C62H44O41. The lowest BCUT2D eigenvalue weighted by atomic mass is 9.91. The molecule has 6 aliphatic heterocycles. The van der Waals surface area contributed by atoms with Gasteiger partial charge in [0.2, 0.25) is 46.0 Å². The van der Waals surface area contributed by atoms with Crippen LogP contribution in [0.15, 0.2) is 48.5 Å². The molecule has 41 heteroatoms. The van der Waals surface area contributed by atoms with Gasteiger partial charge in [0.15, 0.2) is 135 Å². The van der Waals surface area contributed by atoms with Crippen molar-refractivity contribution in [3.05, 3.63) is 87.5 Å². The Balaban J connectivity index is 1.12. The van der Waals surface area contributed by atoms with Crippen LogP contribution in [0.5, 0.6) is 132 Å². The molecule has 0 spiro atoms. The van der Waals surface area contributed by atoms with Crippen LogP contribution in [0, 0.1) is 0 Å². The fraction of sp³-hybridized carbons (Fsp3) is 0.194. The zero-order chi connectivity index (χ0) is 74.7. The van der Waals surface area contributed by atoms with E-state index < -0.39 is 316 Å². The predicted molar refractivity (Wildman–Crippen MR) is 314 cm³/mol. The highest BCUT2D eigenvalue weighted by Gasteiger charge is 2.56. The van der Waals surface area contributed by atoms with E-state index in [1.165, 1.54) is 0 Å². The Morgan fingerprint density at radius 3 is 1.08 bits per heavy atom. The number of aliphatic hydroxyl groups is 2. The zero-order valence-corrected chi connectivity index (χ0v) is 50.4. The van der Waals surface area contributed by atoms with Gasteiger partial charge in [0, 0.05) is 46.5 Å². The lowest BCUT2D eigenvalue weighted by molar-refractivity contribution is -0.286. The number of aromatic hydroxyl groups is 19. The molecule has 2 fully saturated rings. The van der Waals surface area contributed by atoms with Gasteiger partial charge in [-0.2, -0.15) is 0 Å². The quantitative estimate of drug-likeness (QED) is 0.0512. The van der Waals surface area contributed by atoms with Crippen LogP contribution in [-0.4, -0.2) is 230 Å². The molecule has 0 aliphatic carbocycles. The third-order valence-electron chi connectivity index (χ3n) is 16.4. The van der Waals surface area contributed by atoms with Crippen molar-refractivity contribution in [3.63, 3.8) is 0 Å². The third-order valence-corrected chi connectivity index (χ3v) is 16.4. The number of phenolic OH excluding ortho intramolecular Hbond substituents is 19. The molecule has 6 aliphatic rings. The van der Waals surface area contributed by atoms with E-state index in [1.54, 1.807) is 0 Å². The van der Waals surface area contributed by atoms with Gasteiger partial charge in [0.05, 0.1) is 27.8 Å². The van der Waals surface area contributed by atoms with E-state index in [0.717, 1.165) is 0 Å². The molecular weight excluding hydrogens is 1400 g/mol. The van der Waals surface area contributed by atoms with E-state index in [2.05, 4.69) is 0 Å². The van der Waals surface area contributed by atoms with E-state index in [-0.39, 0.29) is 24.3 Å². The van der Waals surface area contributed by atoms with Crippen LogP contribution in [0.4, 0.5) is 0 Å². The smallest absolute Gasteiger partial charge is 0.342 e. The number of hydrogen-bond donors (Lipinski definition) is 21. The van der Waals surface area contributed by atoms with Crippen molar-refractivity contribution in [2.75, 3.05) is 13.2 Å². The largest absolute Gasteiger partial charge is 0.504 e. The topological polar surface area (TPSA) is 672 Å². The number of cyclic esters (lactones) is 1. The first kappa shape index (κ1) is 68.9. The molecule has 0 aromatic heterocycles. The molecule has 21 N–H and O–H groups in total. The second-order valence-corrected chi connectivity index (χ2v) is 22.4. The Morgan fingerprint density at radius 2 is 0.670 bits per heavy atom. The summed E-state index contributed by atoms with van der Waals surface area (Å²) < 4.78 is 66.5. The van der Waals surface area contributed by atoms with Crippen LogP contribution in [0.25, 0.3) is 22.3 Å². The Morgan fingerprint density at radius 1 is 0.359 bits per heavy atom. The van der Waals surface area contributed by atoms with Gasteiger partial charge in [0.1, 0.15) is 36.5 Å². The van der Waals surface area contributed by atoms with Crippen molar-refractivity contribution in [1.82, 2.24) is 0 Å². The number of phenols is 19. The third kappa shape index (κ3) is 11.4. The maximum Gasteiger partial charge on any atom is 0.342 e. The number of hydrogen-bond acceptors (Lipinski definition) is 41. The van der Waals surface area contributed by atoms with Crippen LogP contribution in [-0.2, 0) is 52.2 Å². The molecule has 9 bridgehead atoms. The zero-order valence-electron chi connectivity index (χ0n) is 50.4. The Kier molecular flexibility index (Phi) is 16.9. The van der Waals surface area contributed by atoms with Crippen LogP contribution < -0.4 is 9.47 Å². The van der Waals surface area contributed by atoms with E-state index in [0.29, 0.717) is 24.3 Å². The number of esters is 7. The van der Waals surface area contributed by atoms with Gasteiger partial charge in [-0.05, 0) is 24.3 Å². The van der Waals surface area contributed by atoms with E-state index in [1.807, 2.05) is 0 Å². The molecule has 103 heavy (non-hydrogen) atoms. The first-order valence-electron chi connectivity index (χ1n) is 28.7. The number of ether oxygens (including phenoxy) is 12. The van der Waals surface area contributed by atoms with Crippen molar-refractivity contribution >= 4 is 48.3 Å². The van der Waals surface area contributed by atoms with Crippen LogP contribution in [0.3, 0.4) is 0 Å². The molecule has 41 nitrogen and oxygen atoms in total. The SMILES string of the molecule is O=COC1C2OC(=O)c3cc(O)c(O)c(O)c3Oc3cc4c(c(O)c3O)-c3c(cc(O)c(O)c3O)C(=O)OC3C(COC4=O)OC(O)C(OC(=O)c4cc(O)c(O)c(O)c4Oc4cc5c(c(O)c4O)-c4c(cc(O)c(O)c4O)C(=O)OCC(OC2O)C1OC5=O)C3OC(=O)c1cc(O)c(O)c(O)c1. The number of benzene rings is 7. The van der Waals surface area contributed by atoms with Crippen molar-refractivity contribution in [2.45, 2.75) is 61.4 Å². The monoisotopic (exact) mass is 1440 g/mol. The normalized spacial score (nSPS) is 22.3. The van der Waals surface area contributed by atoms with Crippen LogP contribution in [0.1, 0.15) is 72.5 Å². The minimum Gasteiger partial charge on any atom is -0.504 e. The molecule has 0 radical (unpaired) electrons. The summed E-state index contributed by atoms with van der Waals surface area (Å²) >= 11 is 0. The average Bonchev–Trinajstić information content (AvgIpc) is 1.69. The summed E-state index contributed by atoms with van der Waals surface area (Å²) in [5.41, 5.74) is -14.2. The molecule has 10 atom stereocenters. The highest BCUT2D eigenvalue weighted by Crippen LogP contribution is 2.59. The second kappa shape index (κ2) is 25.3. The molecule has 7 aromatic carbocycles. The second-order valence-electron chi connectivity index (χ2n) is 22.4. The molecule has 10 unspecified atom stereocenters. The van der Waals surface area contributed by atoms with Crippen LogP contribution >= 0.6 is 0 Å². The minimum atomic E-state index is -2.90. The maximum atomic E-state index is 15.1. The standard InChI is InChI=1S/C62H44O41/c63-11-94-50-48-27-9-92-55(84)13-3-21(66)34(71)40(77)29(13)32-16(58(87)99-48)8-26(39(76)43(32)80)96-47-18(6-24(69)37(74)45(47)82)60(89)103-53-51(101-54(83)12-1-19(64)33(70)20(65)2-12)49-28(98-62(53)91)10-93-56(85)15-7-25(38(75)42(79)31(15)30-14(57(86)100-49)4-22(67)35(72)41(30)78)95-46-17(5-23(68)36(73)44(46)81)59(88)102-52(50)61(90)97-27/h1-8,11,27-28,48-53,61-62,64-82,90-91H,9-10H2. The summed E-state index contributed by atoms with van der Waals surface area (Å²) in [4.78, 5) is 115. The Hall–Kier alpha value is -14.1. The van der Waals surface area contributed by atoms with Gasteiger partial charge in [-0.1, -0.05) is 0 Å². The highest BCUT2D eigenvalue weighted by molar-refractivity contribution is 6.10. The number of aliphatic hydroxyl groups excluding tert-OH is 2. The van der Waals surface area contributed by atoms with Crippen molar-refractivity contribution < 1.29 is 202 Å². The lowest BCUT2D eigenvalue weighted by Crippen LogP contribution is -2.62. The van der Waals surface area contributed by atoms with E-state index >= 15 is 4.79 Å². The molecule has 0 saturated carbocycles. The van der Waals surface area contributed by atoms with Gasteiger partial charge in [-0.3, -0.25) is 4.79 Å². The molecule has 7 aromatic rings. The number of fused-ring (bicyclic) bond motifs is 7. The Bertz CT molecular complexity index is 4860. The maximum absolute atomic E-state index is 15.1. The lowest BCUT2D eigenvalue weighted by Gasteiger charge is -2.42. The van der Waals surface area contributed by atoms with E-state index in [9.17, 15) is 141 Å². The molecule has 13 rings (SSSR count). The molecule has 538 valence electrons. The fourth-order valence-electron chi connectivity index (χ4n) is 11.4. The van der Waals surface area contributed by atoms with Crippen LogP contribution in [0.2, 0.25) is 0 Å². The minimum absolute atomic E-state index is 0.180. The summed E-state index contributed by atoms with van der Waals surface area (Å²) in [6, 6.07) is 2.44. The van der Waals surface area contributed by atoms with Crippen molar-refractivity contribution in [3.8, 4) is 154 Å². The number of carbonyl (C=O) groups is 8. The van der Waals surface area contributed by atoms with Crippen molar-refractivity contribution in [1.29, 1.82) is 0 Å². The number of carbonyl (C=O) groups excluding carboxylic acids is 8. The first-order chi connectivity index (χ1) is 48.6. The number of rotatable bonds is 4. The fourth-order valence-corrected chi connectivity index (χ4v) is 11.4. The summed E-state index contributed by atoms with van der Waals surface area (Å²) in [6.07, 6.45) is -26.2. The van der Waals surface area contributed by atoms with E-state index in [4.69, 9.17) is 56.8 Å². The van der Waals surface area contributed by atoms with Gasteiger partial charge < -0.3 is 164 Å². The summed E-state index contributed by atoms with van der Waals surface area (Å²) in [6.45, 7) is -3.23. The summed E-state index contributed by atoms with van der Waals surface area (Å²) in [5.74, 6) is -49.3. The summed E-state index contributed by atoms with van der Waals surface area (Å²) in [5, 5.41) is 235. The average molecular weight is 1440 g/mol. The van der Waals surface area contributed by atoms with Gasteiger partial charge in [-0.25, -0.2) is 33.6 Å². The predicted octanol–water partition coefficient (Wildman–Crippen LogP) is 1.37. The van der Waals surface area contributed by atoms with Gasteiger partial charge >= 0.3 is 41.8 Å². The van der Waals surface area contributed by atoms with Crippen molar-refractivity contribution in [2.24, 2.45) is 0 Å². The Labute approximate surface area is 565 Å². The van der Waals surface area contributed by atoms with Gasteiger partial charge in [-0.15, -0.1) is 0 Å². The summed E-state index contributed by atoms with van der Waals surface area (Å²) in [7, 11) is 0. The molecule has 0 amide bonds. The first-order valence-corrected chi connectivity index (χ1v) is 28.7. The van der Waals surface area contributed by atoms with Gasteiger partial charge in [0.25, 0.3) is 6.47 Å². The molecule has 2 saturated heterocycles.